The van der Waals surface area contributed by atoms with E-state index in [1.165, 1.54) is 25.7 Å². The van der Waals surface area contributed by atoms with E-state index < -0.39 is 0 Å². The van der Waals surface area contributed by atoms with E-state index in [2.05, 4.69) is 10.6 Å². The summed E-state index contributed by atoms with van der Waals surface area (Å²) in [6.45, 7) is 5.30. The molecule has 0 bridgehead atoms. The fraction of sp³-hybridized carbons (Fsp3) is 0.769. The van der Waals surface area contributed by atoms with Crippen molar-refractivity contribution in [3.63, 3.8) is 0 Å². The van der Waals surface area contributed by atoms with Gasteiger partial charge >= 0.3 is 0 Å². The fourth-order valence-electron chi connectivity index (χ4n) is 2.91. The molecule has 3 heterocycles. The first-order valence-electron chi connectivity index (χ1n) is 6.76. The Bertz CT molecular complexity index is 376. The zero-order valence-corrected chi connectivity index (χ0v) is 10.5. The topological polar surface area (TPSA) is 50.1 Å². The Morgan fingerprint density at radius 3 is 2.82 bits per heavy atom. The minimum Gasteiger partial charge on any atom is -0.445 e. The van der Waals surface area contributed by atoms with Crippen molar-refractivity contribution in [2.75, 3.05) is 19.6 Å². The number of hydrogen-bond acceptors (Lipinski definition) is 4. The largest absolute Gasteiger partial charge is 0.445 e. The van der Waals surface area contributed by atoms with Crippen LogP contribution in [0.5, 0.6) is 0 Å². The third-order valence-electron chi connectivity index (χ3n) is 3.89. The van der Waals surface area contributed by atoms with Crippen molar-refractivity contribution in [1.29, 1.82) is 0 Å². The molecule has 2 atom stereocenters. The van der Waals surface area contributed by atoms with Gasteiger partial charge in [-0.2, -0.15) is 0 Å². The highest BCUT2D eigenvalue weighted by atomic mass is 16.4. The molecule has 2 aliphatic heterocycles. The van der Waals surface area contributed by atoms with Crippen LogP contribution in [0, 0.1) is 6.92 Å². The van der Waals surface area contributed by atoms with Gasteiger partial charge in [0.25, 0.3) is 0 Å². The normalized spacial score (nSPS) is 29.7. The SMILES string of the molecule is Cc1oc(C2CCCNC2)nc1C1CCCN1. The van der Waals surface area contributed by atoms with Crippen LogP contribution in [0.3, 0.4) is 0 Å². The van der Waals surface area contributed by atoms with E-state index >= 15 is 0 Å². The summed E-state index contributed by atoms with van der Waals surface area (Å²) in [5.41, 5.74) is 1.14. The fourth-order valence-corrected chi connectivity index (χ4v) is 2.91. The third kappa shape index (κ3) is 2.24. The van der Waals surface area contributed by atoms with Crippen molar-refractivity contribution in [2.24, 2.45) is 0 Å². The van der Waals surface area contributed by atoms with Crippen molar-refractivity contribution in [1.82, 2.24) is 15.6 Å². The van der Waals surface area contributed by atoms with E-state index in [-0.39, 0.29) is 0 Å². The molecule has 0 spiro atoms. The summed E-state index contributed by atoms with van der Waals surface area (Å²) in [4.78, 5) is 4.75. The van der Waals surface area contributed by atoms with E-state index in [4.69, 9.17) is 9.40 Å². The Labute approximate surface area is 102 Å². The number of rotatable bonds is 2. The Morgan fingerprint density at radius 2 is 2.12 bits per heavy atom. The van der Waals surface area contributed by atoms with Gasteiger partial charge in [-0.25, -0.2) is 4.98 Å². The number of aryl methyl sites for hydroxylation is 1. The van der Waals surface area contributed by atoms with Crippen LogP contribution in [0.4, 0.5) is 0 Å². The number of oxazole rings is 1. The molecule has 2 fully saturated rings. The summed E-state index contributed by atoms with van der Waals surface area (Å²) in [7, 11) is 0. The highest BCUT2D eigenvalue weighted by molar-refractivity contribution is 5.16. The maximum absolute atomic E-state index is 5.88. The Balaban J connectivity index is 1.79. The molecule has 1 aromatic rings. The van der Waals surface area contributed by atoms with Crippen LogP contribution in [0.25, 0.3) is 0 Å². The lowest BCUT2D eigenvalue weighted by Gasteiger charge is -2.19. The second-order valence-electron chi connectivity index (χ2n) is 5.19. The van der Waals surface area contributed by atoms with Gasteiger partial charge in [-0.05, 0) is 45.7 Å². The van der Waals surface area contributed by atoms with Gasteiger partial charge in [0.2, 0.25) is 0 Å². The zero-order valence-electron chi connectivity index (χ0n) is 10.5. The number of nitrogens with zero attached hydrogens (tertiary/aromatic N) is 1. The van der Waals surface area contributed by atoms with Gasteiger partial charge in [-0.3, -0.25) is 0 Å². The van der Waals surface area contributed by atoms with Crippen LogP contribution >= 0.6 is 0 Å². The Hall–Kier alpha value is -0.870. The molecule has 0 radical (unpaired) electrons. The van der Waals surface area contributed by atoms with Crippen molar-refractivity contribution in [2.45, 2.75) is 44.6 Å². The first kappa shape index (κ1) is 11.2. The maximum Gasteiger partial charge on any atom is 0.199 e. The molecule has 3 rings (SSSR count). The minimum atomic E-state index is 0.420. The van der Waals surface area contributed by atoms with Crippen LogP contribution in [0.15, 0.2) is 4.42 Å². The van der Waals surface area contributed by atoms with Crippen molar-refractivity contribution < 1.29 is 4.42 Å². The lowest BCUT2D eigenvalue weighted by molar-refractivity contribution is 0.368. The second-order valence-corrected chi connectivity index (χ2v) is 5.19. The van der Waals surface area contributed by atoms with Crippen molar-refractivity contribution >= 4 is 0 Å². The first-order valence-corrected chi connectivity index (χ1v) is 6.76. The van der Waals surface area contributed by atoms with Gasteiger partial charge in [0, 0.05) is 12.5 Å². The molecule has 0 aromatic carbocycles. The van der Waals surface area contributed by atoms with Gasteiger partial charge in [0.05, 0.1) is 11.7 Å². The van der Waals surface area contributed by atoms with Gasteiger partial charge in [-0.15, -0.1) is 0 Å². The van der Waals surface area contributed by atoms with E-state index in [0.29, 0.717) is 12.0 Å². The molecule has 2 N–H and O–H groups in total. The van der Waals surface area contributed by atoms with Crippen LogP contribution in [-0.4, -0.2) is 24.6 Å². The average molecular weight is 235 g/mol. The van der Waals surface area contributed by atoms with E-state index in [1.54, 1.807) is 0 Å². The van der Waals surface area contributed by atoms with E-state index in [0.717, 1.165) is 37.0 Å². The number of nitrogens with one attached hydrogen (secondary N) is 2. The maximum atomic E-state index is 5.88. The van der Waals surface area contributed by atoms with Gasteiger partial charge in [-0.1, -0.05) is 0 Å². The molecule has 94 valence electrons. The molecule has 0 saturated carbocycles. The predicted molar refractivity (Wildman–Crippen MR) is 66.1 cm³/mol. The quantitative estimate of drug-likeness (QED) is 0.821. The Kier molecular flexibility index (Phi) is 3.16. The van der Waals surface area contributed by atoms with Crippen molar-refractivity contribution in [3.8, 4) is 0 Å². The molecule has 4 heteroatoms. The highest BCUT2D eigenvalue weighted by Gasteiger charge is 2.26. The molecule has 0 aliphatic carbocycles. The predicted octanol–water partition coefficient (Wildman–Crippen LogP) is 1.87. The molecule has 17 heavy (non-hydrogen) atoms. The number of piperidine rings is 1. The smallest absolute Gasteiger partial charge is 0.199 e. The molecule has 2 aliphatic rings. The van der Waals surface area contributed by atoms with Crippen molar-refractivity contribution in [3.05, 3.63) is 17.3 Å². The number of aromatic nitrogens is 1. The van der Waals surface area contributed by atoms with E-state index in [1.807, 2.05) is 6.92 Å². The van der Waals surface area contributed by atoms with Crippen LogP contribution in [-0.2, 0) is 0 Å². The molecule has 4 nitrogen and oxygen atoms in total. The monoisotopic (exact) mass is 235 g/mol. The highest BCUT2D eigenvalue weighted by Crippen LogP contribution is 2.30. The third-order valence-corrected chi connectivity index (χ3v) is 3.89. The summed E-state index contributed by atoms with van der Waals surface area (Å²) < 4.78 is 5.88. The summed E-state index contributed by atoms with van der Waals surface area (Å²) in [5.74, 6) is 2.42. The lowest BCUT2D eigenvalue weighted by Crippen LogP contribution is -2.28. The van der Waals surface area contributed by atoms with Gasteiger partial charge in [0.1, 0.15) is 5.76 Å². The molecular formula is C13H21N3O. The Morgan fingerprint density at radius 1 is 1.24 bits per heavy atom. The summed E-state index contributed by atoms with van der Waals surface area (Å²) in [6.07, 6.45) is 4.86. The summed E-state index contributed by atoms with van der Waals surface area (Å²) >= 11 is 0. The van der Waals surface area contributed by atoms with Crippen LogP contribution in [0.2, 0.25) is 0 Å². The molecule has 0 amide bonds. The molecule has 2 saturated heterocycles. The zero-order chi connectivity index (χ0) is 11.7. The lowest BCUT2D eigenvalue weighted by atomic mass is 10.00. The average Bonchev–Trinajstić information content (AvgIpc) is 2.99. The van der Waals surface area contributed by atoms with Crippen LogP contribution < -0.4 is 10.6 Å². The minimum absolute atomic E-state index is 0.420. The molecule has 2 unspecified atom stereocenters. The standard InChI is InChI=1S/C13H21N3O/c1-9-12(11-5-3-7-15-11)16-13(17-9)10-4-2-6-14-8-10/h10-11,14-15H,2-8H2,1H3. The number of hydrogen-bond donors (Lipinski definition) is 2. The van der Waals surface area contributed by atoms with Gasteiger partial charge < -0.3 is 15.1 Å². The van der Waals surface area contributed by atoms with Crippen LogP contribution in [0.1, 0.15) is 55.0 Å². The first-order chi connectivity index (χ1) is 8.34. The van der Waals surface area contributed by atoms with Gasteiger partial charge in [0.15, 0.2) is 5.89 Å². The molecular weight excluding hydrogens is 214 g/mol. The van der Waals surface area contributed by atoms with E-state index in [9.17, 15) is 0 Å². The molecule has 1 aromatic heterocycles. The summed E-state index contributed by atoms with van der Waals surface area (Å²) in [6, 6.07) is 0.420. The second kappa shape index (κ2) is 4.78. The summed E-state index contributed by atoms with van der Waals surface area (Å²) in [5, 5.41) is 6.91.